The summed E-state index contributed by atoms with van der Waals surface area (Å²) in [4.78, 5) is 14.0. The molecule has 1 radical (unpaired) electrons. The Morgan fingerprint density at radius 2 is 1.86 bits per heavy atom. The number of Topliss-reactive ketones (excluding diaryl/α,β-unsaturated/α-hetero) is 1. The molecule has 4 fully saturated rings. The Labute approximate surface area is 208 Å². The van der Waals surface area contributed by atoms with Gasteiger partial charge in [0.25, 0.3) is 0 Å². The molecule has 1 spiro atoms. The van der Waals surface area contributed by atoms with Crippen molar-refractivity contribution in [2.75, 3.05) is 13.7 Å². The first-order valence-electron chi connectivity index (χ1n) is 10.5. The molecule has 1 heterocycles. The molecule has 6 nitrogen and oxygen atoms in total. The van der Waals surface area contributed by atoms with Gasteiger partial charge in [-0.3, -0.25) is 4.79 Å². The quantitative estimate of drug-likeness (QED) is 0.383. The van der Waals surface area contributed by atoms with Crippen LogP contribution in [0.2, 0.25) is 0 Å². The van der Waals surface area contributed by atoms with Gasteiger partial charge < -0.3 is 24.8 Å². The maximum Gasteiger partial charge on any atom is 0.172 e. The summed E-state index contributed by atoms with van der Waals surface area (Å²) in [5.41, 5.74) is -2.37. The molecule has 2 bridgehead atoms. The molecule has 5 rings (SSSR count). The minimum Gasteiger partial charge on any atom is -0.389 e. The molecule has 159 valence electrons. The van der Waals surface area contributed by atoms with E-state index in [9.17, 15) is 20.1 Å². The van der Waals surface area contributed by atoms with E-state index in [-0.39, 0.29) is 80.8 Å². The number of aliphatic hydroxyl groups excluding tert-OH is 1. The number of ketones is 1. The van der Waals surface area contributed by atoms with Crippen LogP contribution in [0.1, 0.15) is 47.0 Å². The molecule has 0 aromatic carbocycles. The molecular formula is C22H32AcO6. The predicted octanol–water partition coefficient (Wildman–Crippen LogP) is 1.21. The van der Waals surface area contributed by atoms with Gasteiger partial charge in [0.2, 0.25) is 0 Å². The van der Waals surface area contributed by atoms with Gasteiger partial charge in [0.1, 0.15) is 11.7 Å². The third kappa shape index (κ3) is 2.42. The Morgan fingerprint density at radius 3 is 2.41 bits per heavy atom. The van der Waals surface area contributed by atoms with Crippen LogP contribution in [0.5, 0.6) is 0 Å². The molecule has 4 aliphatic carbocycles. The summed E-state index contributed by atoms with van der Waals surface area (Å²) in [6, 6.07) is 0. The van der Waals surface area contributed by atoms with Crippen LogP contribution >= 0.6 is 0 Å². The maximum absolute atomic E-state index is 14.0. The number of hydrogen-bond acceptors (Lipinski definition) is 6. The summed E-state index contributed by atoms with van der Waals surface area (Å²) in [5.74, 6) is -0.607. The Hall–Kier alpha value is 0.652. The van der Waals surface area contributed by atoms with E-state index in [1.807, 2.05) is 27.7 Å². The number of fused-ring (bicyclic) bond motifs is 4. The molecule has 1 saturated heterocycles. The van der Waals surface area contributed by atoms with E-state index in [2.05, 4.69) is 0 Å². The molecule has 3 N–H and O–H groups in total. The standard InChI is InChI=1S/C22H32O6.Ac/c1-10-13(23)8-22(26)11(2)17-20(7-12(20)6-14-21(17,25)9-28-14)18(24)16(27-5)15(10)19(22,3)4;/h11-14,16-17,23,25-26H,6-9H2,1-5H3;/t11-,12+,13?,14?,16?,17?,20+,21?,22?;/m0./s1. The number of rotatable bonds is 1. The van der Waals surface area contributed by atoms with Crippen molar-refractivity contribution in [1.82, 2.24) is 0 Å². The molecule has 0 amide bonds. The number of carbonyl (C=O) groups is 1. The summed E-state index contributed by atoms with van der Waals surface area (Å²) in [6.45, 7) is 7.88. The van der Waals surface area contributed by atoms with Gasteiger partial charge in [0.05, 0.1) is 24.4 Å². The molecule has 7 heteroatoms. The van der Waals surface area contributed by atoms with Gasteiger partial charge in [-0.1, -0.05) is 20.8 Å². The first kappa shape index (κ1) is 22.8. The van der Waals surface area contributed by atoms with Crippen LogP contribution in [0, 0.1) is 72.6 Å². The monoisotopic (exact) mass is 619 g/mol. The van der Waals surface area contributed by atoms with Gasteiger partial charge in [-0.05, 0) is 42.7 Å². The molecule has 0 aromatic heterocycles. The second kappa shape index (κ2) is 6.59. The van der Waals surface area contributed by atoms with E-state index in [0.29, 0.717) is 18.4 Å². The van der Waals surface area contributed by atoms with Crippen molar-refractivity contribution in [1.29, 1.82) is 0 Å². The fourth-order valence-corrected chi connectivity index (χ4v) is 7.77. The van der Waals surface area contributed by atoms with Crippen molar-refractivity contribution >= 4 is 5.78 Å². The van der Waals surface area contributed by atoms with Crippen LogP contribution in [0.3, 0.4) is 0 Å². The first-order chi connectivity index (χ1) is 13.0. The van der Waals surface area contributed by atoms with Crippen molar-refractivity contribution in [2.24, 2.45) is 28.6 Å². The van der Waals surface area contributed by atoms with Crippen LogP contribution in [0.25, 0.3) is 0 Å². The summed E-state index contributed by atoms with van der Waals surface area (Å²) < 4.78 is 11.5. The predicted molar refractivity (Wildman–Crippen MR) is 100 cm³/mol. The van der Waals surface area contributed by atoms with E-state index in [1.165, 1.54) is 7.11 Å². The van der Waals surface area contributed by atoms with Crippen molar-refractivity contribution in [3.8, 4) is 0 Å². The van der Waals surface area contributed by atoms with Crippen LogP contribution in [-0.2, 0) is 14.3 Å². The fraction of sp³-hybridized carbons (Fsp3) is 0.864. The van der Waals surface area contributed by atoms with Crippen molar-refractivity contribution < 1.29 is 73.7 Å². The summed E-state index contributed by atoms with van der Waals surface area (Å²) in [7, 11) is 1.53. The van der Waals surface area contributed by atoms with Gasteiger partial charge in [0, 0.05) is 74.3 Å². The van der Waals surface area contributed by atoms with E-state index < -0.39 is 40.2 Å². The van der Waals surface area contributed by atoms with E-state index >= 15 is 0 Å². The Bertz CT molecular complexity index is 794. The number of aliphatic hydroxyl groups is 3. The minimum absolute atomic E-state index is 0. The first-order valence-corrected chi connectivity index (χ1v) is 10.5. The van der Waals surface area contributed by atoms with E-state index in [1.54, 1.807) is 0 Å². The zero-order valence-corrected chi connectivity index (χ0v) is 22.7. The van der Waals surface area contributed by atoms with Gasteiger partial charge >= 0.3 is 0 Å². The molecule has 3 saturated carbocycles. The molecule has 0 aromatic rings. The molecule has 1 aliphatic heterocycles. The largest absolute Gasteiger partial charge is 0.389 e. The summed E-state index contributed by atoms with van der Waals surface area (Å²) >= 11 is 0. The number of ether oxygens (including phenoxy) is 2. The van der Waals surface area contributed by atoms with Crippen LogP contribution in [0.15, 0.2) is 11.1 Å². The third-order valence-corrected chi connectivity index (χ3v) is 9.45. The minimum atomic E-state index is -1.27. The number of hydrogen-bond donors (Lipinski definition) is 3. The molecule has 9 atom stereocenters. The Morgan fingerprint density at radius 1 is 1.21 bits per heavy atom. The van der Waals surface area contributed by atoms with Crippen LogP contribution in [0.4, 0.5) is 0 Å². The van der Waals surface area contributed by atoms with Gasteiger partial charge in [-0.2, -0.15) is 0 Å². The second-order valence-electron chi connectivity index (χ2n) is 10.6. The topological polar surface area (TPSA) is 96.2 Å². The smallest absolute Gasteiger partial charge is 0.172 e. The zero-order chi connectivity index (χ0) is 20.4. The summed E-state index contributed by atoms with van der Waals surface area (Å²) in [5, 5.41) is 34.5. The van der Waals surface area contributed by atoms with E-state index in [0.717, 1.165) is 5.57 Å². The maximum atomic E-state index is 14.0. The fourth-order valence-electron chi connectivity index (χ4n) is 7.77. The Balaban J connectivity index is 0.00000205. The zero-order valence-electron chi connectivity index (χ0n) is 17.9. The van der Waals surface area contributed by atoms with Crippen molar-refractivity contribution in [3.63, 3.8) is 0 Å². The Kier molecular flexibility index (Phi) is 5.19. The van der Waals surface area contributed by atoms with Gasteiger partial charge in [-0.25, -0.2) is 0 Å². The van der Waals surface area contributed by atoms with Crippen molar-refractivity contribution in [2.45, 2.75) is 76.5 Å². The second-order valence-corrected chi connectivity index (χ2v) is 10.6. The SMILES string of the molecule is COC1C(=O)[C@]23C[C@H]2CC2OCC2(O)C3[C@H](C)C2(O)CC(O)C(C)=C1C2(C)C.[Ac]. The molecule has 29 heavy (non-hydrogen) atoms. The molecule has 5 aliphatic rings. The summed E-state index contributed by atoms with van der Waals surface area (Å²) in [6.07, 6.45) is -0.321. The normalized spacial score (nSPS) is 54.7. The van der Waals surface area contributed by atoms with Crippen molar-refractivity contribution in [3.05, 3.63) is 11.1 Å². The third-order valence-electron chi connectivity index (χ3n) is 9.45. The van der Waals surface area contributed by atoms with Crippen LogP contribution in [-0.4, -0.2) is 64.3 Å². The van der Waals surface area contributed by atoms with Crippen LogP contribution < -0.4 is 0 Å². The average Bonchev–Trinajstić information content (AvgIpc) is 3.34. The molecule has 6 unspecified atom stereocenters. The van der Waals surface area contributed by atoms with E-state index in [4.69, 9.17) is 9.47 Å². The van der Waals surface area contributed by atoms with Gasteiger partial charge in [0.15, 0.2) is 5.78 Å². The number of carbonyl (C=O) groups excluding carboxylic acids is 1. The molecular weight excluding hydrogens is 587 g/mol. The van der Waals surface area contributed by atoms with Gasteiger partial charge in [-0.15, -0.1) is 0 Å². The number of methoxy groups -OCH3 is 1. The average molecular weight is 619 g/mol.